The van der Waals surface area contributed by atoms with E-state index in [1.54, 1.807) is 0 Å². The fraction of sp³-hybridized carbons (Fsp3) is 0.500. The Hall–Kier alpha value is -1.53. The second kappa shape index (κ2) is 5.20. The topological polar surface area (TPSA) is 53.0 Å². The summed E-state index contributed by atoms with van der Waals surface area (Å²) in [6.07, 6.45) is 1.59. The van der Waals surface area contributed by atoms with Crippen LogP contribution in [0.25, 0.3) is 0 Å². The van der Waals surface area contributed by atoms with Gasteiger partial charge in [-0.3, -0.25) is 0 Å². The third kappa shape index (κ3) is 2.27. The second-order valence-corrected chi connectivity index (χ2v) is 4.70. The molecule has 17 heavy (non-hydrogen) atoms. The SMILES string of the molecule is CC(CC#N)N1CC(CCN)c2ccccc21. The van der Waals surface area contributed by atoms with E-state index in [1.807, 2.05) is 0 Å². The quantitative estimate of drug-likeness (QED) is 0.861. The highest BCUT2D eigenvalue weighted by molar-refractivity contribution is 5.60. The molecule has 2 rings (SSSR count). The molecule has 90 valence electrons. The van der Waals surface area contributed by atoms with Gasteiger partial charge >= 0.3 is 0 Å². The third-order valence-corrected chi connectivity index (χ3v) is 3.54. The van der Waals surface area contributed by atoms with E-state index >= 15 is 0 Å². The van der Waals surface area contributed by atoms with E-state index < -0.39 is 0 Å². The van der Waals surface area contributed by atoms with Crippen molar-refractivity contribution < 1.29 is 0 Å². The van der Waals surface area contributed by atoms with Gasteiger partial charge in [-0.05, 0) is 31.5 Å². The second-order valence-electron chi connectivity index (χ2n) is 4.70. The summed E-state index contributed by atoms with van der Waals surface area (Å²) in [5.74, 6) is 0.525. The number of nitrogens with zero attached hydrogens (tertiary/aromatic N) is 2. The maximum Gasteiger partial charge on any atom is 0.0643 e. The Balaban J connectivity index is 2.25. The van der Waals surface area contributed by atoms with Gasteiger partial charge in [-0.2, -0.15) is 5.26 Å². The summed E-state index contributed by atoms with van der Waals surface area (Å²) in [6, 6.07) is 11.0. The highest BCUT2D eigenvalue weighted by Gasteiger charge is 2.30. The van der Waals surface area contributed by atoms with Crippen LogP contribution in [0.1, 0.15) is 31.2 Å². The largest absolute Gasteiger partial charge is 0.367 e. The molecular formula is C14H19N3. The first-order chi connectivity index (χ1) is 8.27. The summed E-state index contributed by atoms with van der Waals surface area (Å²) in [7, 11) is 0. The highest BCUT2D eigenvalue weighted by Crippen LogP contribution is 2.39. The molecule has 0 aromatic heterocycles. The Labute approximate surface area is 103 Å². The van der Waals surface area contributed by atoms with Gasteiger partial charge in [-0.1, -0.05) is 18.2 Å². The average Bonchev–Trinajstić information content (AvgIpc) is 2.70. The fourth-order valence-corrected chi connectivity index (χ4v) is 2.64. The number of fused-ring (bicyclic) bond motifs is 1. The maximum atomic E-state index is 8.82. The lowest BCUT2D eigenvalue weighted by Gasteiger charge is -2.25. The van der Waals surface area contributed by atoms with E-state index in [9.17, 15) is 0 Å². The number of nitrogens with two attached hydrogens (primary N) is 1. The highest BCUT2D eigenvalue weighted by atomic mass is 15.2. The van der Waals surface area contributed by atoms with Crippen LogP contribution in [0.2, 0.25) is 0 Å². The van der Waals surface area contributed by atoms with Gasteiger partial charge < -0.3 is 10.6 Å². The minimum atomic E-state index is 0.281. The Bertz CT molecular complexity index is 422. The summed E-state index contributed by atoms with van der Waals surface area (Å²) in [5, 5.41) is 8.82. The van der Waals surface area contributed by atoms with Gasteiger partial charge in [0.15, 0.2) is 0 Å². The molecule has 3 nitrogen and oxygen atoms in total. The lowest BCUT2D eigenvalue weighted by molar-refractivity contribution is 0.596. The smallest absolute Gasteiger partial charge is 0.0643 e. The molecule has 1 aromatic carbocycles. The maximum absolute atomic E-state index is 8.82. The molecule has 0 saturated carbocycles. The molecule has 0 aliphatic carbocycles. The zero-order valence-corrected chi connectivity index (χ0v) is 10.3. The number of anilines is 1. The minimum Gasteiger partial charge on any atom is -0.367 e. The van der Waals surface area contributed by atoms with Gasteiger partial charge in [-0.15, -0.1) is 0 Å². The summed E-state index contributed by atoms with van der Waals surface area (Å²) in [6.45, 7) is 3.84. The minimum absolute atomic E-state index is 0.281. The van der Waals surface area contributed by atoms with Crippen molar-refractivity contribution in [1.29, 1.82) is 5.26 Å². The molecule has 2 atom stereocenters. The van der Waals surface area contributed by atoms with Crippen molar-refractivity contribution in [2.75, 3.05) is 18.0 Å². The van der Waals surface area contributed by atoms with E-state index in [0.29, 0.717) is 12.3 Å². The van der Waals surface area contributed by atoms with Crippen LogP contribution >= 0.6 is 0 Å². The number of nitriles is 1. The Morgan fingerprint density at radius 2 is 2.29 bits per heavy atom. The molecule has 1 heterocycles. The standard InChI is InChI=1S/C14H19N3/c1-11(6-8-15)17-10-12(7-9-16)13-4-2-3-5-14(13)17/h2-5,11-12H,6-7,9-10,16H2,1H3. The van der Waals surface area contributed by atoms with Crippen molar-refractivity contribution in [2.45, 2.75) is 31.7 Å². The predicted octanol–water partition coefficient (Wildman–Crippen LogP) is 2.24. The van der Waals surface area contributed by atoms with Crippen molar-refractivity contribution in [3.05, 3.63) is 29.8 Å². The van der Waals surface area contributed by atoms with Crippen LogP contribution in [0.5, 0.6) is 0 Å². The fourth-order valence-electron chi connectivity index (χ4n) is 2.64. The van der Waals surface area contributed by atoms with E-state index in [-0.39, 0.29) is 6.04 Å². The van der Waals surface area contributed by atoms with Gasteiger partial charge in [0.1, 0.15) is 0 Å². The van der Waals surface area contributed by atoms with Crippen molar-refractivity contribution >= 4 is 5.69 Å². The van der Waals surface area contributed by atoms with Crippen LogP contribution in [0, 0.1) is 11.3 Å². The molecular weight excluding hydrogens is 210 g/mol. The molecule has 2 N–H and O–H groups in total. The number of rotatable bonds is 4. The van der Waals surface area contributed by atoms with Gasteiger partial charge in [0.05, 0.1) is 12.5 Å². The predicted molar refractivity (Wildman–Crippen MR) is 69.9 cm³/mol. The van der Waals surface area contributed by atoms with E-state index in [4.69, 9.17) is 11.0 Å². The van der Waals surface area contributed by atoms with Crippen molar-refractivity contribution in [1.82, 2.24) is 0 Å². The van der Waals surface area contributed by atoms with Crippen molar-refractivity contribution in [3.63, 3.8) is 0 Å². The molecule has 1 aliphatic rings. The van der Waals surface area contributed by atoms with Gasteiger partial charge in [0.2, 0.25) is 0 Å². The molecule has 1 aromatic rings. The number of hydrogen-bond donors (Lipinski definition) is 1. The van der Waals surface area contributed by atoms with Gasteiger partial charge in [0.25, 0.3) is 0 Å². The summed E-state index contributed by atoms with van der Waals surface area (Å²) in [4.78, 5) is 2.35. The molecule has 0 amide bonds. The Morgan fingerprint density at radius 1 is 1.53 bits per heavy atom. The van der Waals surface area contributed by atoms with Crippen LogP contribution in [0.3, 0.4) is 0 Å². The van der Waals surface area contributed by atoms with Crippen molar-refractivity contribution in [2.24, 2.45) is 5.73 Å². The lowest BCUT2D eigenvalue weighted by atomic mass is 9.98. The number of para-hydroxylation sites is 1. The Kier molecular flexibility index (Phi) is 3.65. The first kappa shape index (κ1) is 11.9. The third-order valence-electron chi connectivity index (χ3n) is 3.54. The average molecular weight is 229 g/mol. The van der Waals surface area contributed by atoms with Crippen LogP contribution in [-0.4, -0.2) is 19.1 Å². The van der Waals surface area contributed by atoms with Crippen LogP contribution in [-0.2, 0) is 0 Å². The summed E-state index contributed by atoms with van der Waals surface area (Å²) < 4.78 is 0. The first-order valence-corrected chi connectivity index (χ1v) is 6.20. The molecule has 3 heteroatoms. The molecule has 2 unspecified atom stereocenters. The van der Waals surface area contributed by atoms with Crippen LogP contribution in [0.4, 0.5) is 5.69 Å². The van der Waals surface area contributed by atoms with Gasteiger partial charge in [0, 0.05) is 24.2 Å². The van der Waals surface area contributed by atoms with Crippen LogP contribution < -0.4 is 10.6 Å². The summed E-state index contributed by atoms with van der Waals surface area (Å²) >= 11 is 0. The van der Waals surface area contributed by atoms with Crippen LogP contribution in [0.15, 0.2) is 24.3 Å². The summed E-state index contributed by atoms with van der Waals surface area (Å²) in [5.41, 5.74) is 8.35. The normalized spacial score (nSPS) is 19.8. The number of benzene rings is 1. The molecule has 0 spiro atoms. The monoisotopic (exact) mass is 229 g/mol. The van der Waals surface area contributed by atoms with E-state index in [1.165, 1.54) is 11.3 Å². The first-order valence-electron chi connectivity index (χ1n) is 6.20. The Morgan fingerprint density at radius 3 is 3.00 bits per heavy atom. The molecule has 0 fully saturated rings. The van der Waals surface area contributed by atoms with Gasteiger partial charge in [-0.25, -0.2) is 0 Å². The van der Waals surface area contributed by atoms with Crippen molar-refractivity contribution in [3.8, 4) is 6.07 Å². The molecule has 1 aliphatic heterocycles. The molecule has 0 saturated heterocycles. The zero-order valence-electron chi connectivity index (χ0n) is 10.3. The molecule has 0 radical (unpaired) electrons. The zero-order chi connectivity index (χ0) is 12.3. The number of hydrogen-bond acceptors (Lipinski definition) is 3. The lowest BCUT2D eigenvalue weighted by Crippen LogP contribution is -2.32. The van der Waals surface area contributed by atoms with E-state index in [0.717, 1.165) is 19.5 Å². The molecule has 0 bridgehead atoms. The van der Waals surface area contributed by atoms with E-state index in [2.05, 4.69) is 42.2 Å².